The van der Waals surface area contributed by atoms with Crippen LogP contribution < -0.4 is 10.6 Å². The van der Waals surface area contributed by atoms with Crippen molar-refractivity contribution in [2.45, 2.75) is 56.7 Å². The third-order valence-corrected chi connectivity index (χ3v) is 8.98. The number of aliphatic hydroxyl groups excluding tert-OH is 1. The van der Waals surface area contributed by atoms with Gasteiger partial charge in [-0.3, -0.25) is 14.4 Å². The Bertz CT molecular complexity index is 1260. The van der Waals surface area contributed by atoms with Gasteiger partial charge in [-0.2, -0.15) is 0 Å². The highest BCUT2D eigenvalue weighted by Crippen LogP contribution is 2.40. The van der Waals surface area contributed by atoms with Gasteiger partial charge in [0, 0.05) is 15.2 Å². The molecule has 0 spiro atoms. The summed E-state index contributed by atoms with van der Waals surface area (Å²) in [6.45, 7) is 6.06. The minimum atomic E-state index is -1.54. The highest BCUT2D eigenvalue weighted by molar-refractivity contribution is 8.00. The Labute approximate surface area is 231 Å². The van der Waals surface area contributed by atoms with Crippen LogP contribution in [0.2, 0.25) is 0 Å². The number of nitrogens with zero attached hydrogens (tertiary/aromatic N) is 1. The van der Waals surface area contributed by atoms with E-state index >= 15 is 0 Å². The summed E-state index contributed by atoms with van der Waals surface area (Å²) < 4.78 is -0.547. The maximum absolute atomic E-state index is 13.7. The Kier molecular flexibility index (Phi) is 8.91. The van der Waals surface area contributed by atoms with Crippen molar-refractivity contribution in [1.82, 2.24) is 15.5 Å². The molecule has 1 saturated heterocycles. The molecule has 200 valence electrons. The SMILES string of the molecule is Cc1ccccc1C(=O)N[C@@H](Cc1ccccc1)[C@H](O)C(=O)N1CSC(C)(C)C1C(=O)NCc1cccs1. The first-order valence-corrected chi connectivity index (χ1v) is 14.4. The van der Waals surface area contributed by atoms with Gasteiger partial charge in [-0.1, -0.05) is 54.6 Å². The van der Waals surface area contributed by atoms with Crippen LogP contribution in [-0.2, 0) is 22.6 Å². The predicted octanol–water partition coefficient (Wildman–Crippen LogP) is 3.76. The zero-order valence-corrected chi connectivity index (χ0v) is 23.4. The molecule has 3 amide bonds. The Hall–Kier alpha value is -3.14. The van der Waals surface area contributed by atoms with Gasteiger partial charge in [0.05, 0.1) is 18.5 Å². The lowest BCUT2D eigenvalue weighted by atomic mass is 9.96. The van der Waals surface area contributed by atoms with Crippen LogP contribution >= 0.6 is 23.1 Å². The summed E-state index contributed by atoms with van der Waals surface area (Å²) >= 11 is 3.04. The molecule has 9 heteroatoms. The molecular formula is C29H33N3O4S2. The second-order valence-electron chi connectivity index (χ2n) is 9.91. The molecule has 4 rings (SSSR count). The summed E-state index contributed by atoms with van der Waals surface area (Å²) in [5.74, 6) is -0.941. The molecule has 1 aliphatic rings. The number of aliphatic hydroxyl groups is 1. The van der Waals surface area contributed by atoms with E-state index in [0.717, 1.165) is 16.0 Å². The number of carbonyl (C=O) groups excluding carboxylic acids is 3. The molecule has 1 fully saturated rings. The van der Waals surface area contributed by atoms with E-state index in [9.17, 15) is 19.5 Å². The van der Waals surface area contributed by atoms with Crippen LogP contribution in [0.5, 0.6) is 0 Å². The fraction of sp³-hybridized carbons (Fsp3) is 0.345. The Morgan fingerprint density at radius 2 is 1.76 bits per heavy atom. The van der Waals surface area contributed by atoms with Crippen molar-refractivity contribution in [3.8, 4) is 0 Å². The minimum Gasteiger partial charge on any atom is -0.381 e. The largest absolute Gasteiger partial charge is 0.381 e. The monoisotopic (exact) mass is 551 g/mol. The number of rotatable bonds is 9. The summed E-state index contributed by atoms with van der Waals surface area (Å²) in [7, 11) is 0. The van der Waals surface area contributed by atoms with Gasteiger partial charge in [-0.15, -0.1) is 23.1 Å². The van der Waals surface area contributed by atoms with Crippen molar-refractivity contribution in [3.63, 3.8) is 0 Å². The minimum absolute atomic E-state index is 0.255. The van der Waals surface area contributed by atoms with Gasteiger partial charge >= 0.3 is 0 Å². The van der Waals surface area contributed by atoms with Gasteiger partial charge in [-0.05, 0) is 55.8 Å². The van der Waals surface area contributed by atoms with Crippen LogP contribution in [0.25, 0.3) is 0 Å². The van der Waals surface area contributed by atoms with Crippen LogP contribution in [-0.4, -0.2) is 56.5 Å². The number of nitrogens with one attached hydrogen (secondary N) is 2. The molecule has 0 radical (unpaired) electrons. The van der Waals surface area contributed by atoms with Crippen molar-refractivity contribution >= 4 is 40.8 Å². The normalized spacial score (nSPS) is 18.0. The Morgan fingerprint density at radius 1 is 1.05 bits per heavy atom. The zero-order valence-electron chi connectivity index (χ0n) is 21.7. The molecule has 3 aromatic rings. The first-order chi connectivity index (χ1) is 18.2. The molecule has 2 heterocycles. The van der Waals surface area contributed by atoms with Crippen molar-refractivity contribution in [2.24, 2.45) is 0 Å². The molecule has 3 atom stereocenters. The first kappa shape index (κ1) is 27.9. The van der Waals surface area contributed by atoms with Gasteiger partial charge in [0.25, 0.3) is 11.8 Å². The highest BCUT2D eigenvalue weighted by Gasteiger charge is 2.49. The number of benzene rings is 2. The lowest BCUT2D eigenvalue weighted by Crippen LogP contribution is -2.58. The standard InChI is InChI=1S/C29H33N3O4S2/c1-19-10-7-8-14-22(19)26(34)31-23(16-20-11-5-4-6-12-20)24(33)28(36)32-18-38-29(2,3)25(32)27(35)30-17-21-13-9-15-37-21/h4-15,23-25,33H,16-18H2,1-3H3,(H,30,35)(H,31,34)/t23-,24-,25?/m0/s1. The summed E-state index contributed by atoms with van der Waals surface area (Å²) in [5.41, 5.74) is 2.15. The molecule has 1 unspecified atom stereocenters. The van der Waals surface area contributed by atoms with Crippen LogP contribution in [0.3, 0.4) is 0 Å². The lowest BCUT2D eigenvalue weighted by Gasteiger charge is -2.33. The molecule has 0 aliphatic carbocycles. The third kappa shape index (κ3) is 6.46. The van der Waals surface area contributed by atoms with Crippen LogP contribution in [0.1, 0.15) is 40.2 Å². The maximum Gasteiger partial charge on any atom is 0.254 e. The van der Waals surface area contributed by atoms with E-state index in [4.69, 9.17) is 0 Å². The number of hydrogen-bond donors (Lipinski definition) is 3. The summed E-state index contributed by atoms with van der Waals surface area (Å²) in [5, 5.41) is 19.2. The second kappa shape index (κ2) is 12.1. The number of thiophene rings is 1. The molecule has 38 heavy (non-hydrogen) atoms. The topological polar surface area (TPSA) is 98.7 Å². The lowest BCUT2D eigenvalue weighted by molar-refractivity contribution is -0.147. The van der Waals surface area contributed by atoms with E-state index in [1.165, 1.54) is 16.7 Å². The molecule has 0 saturated carbocycles. The van der Waals surface area contributed by atoms with E-state index < -0.39 is 28.8 Å². The summed E-state index contributed by atoms with van der Waals surface area (Å²) in [4.78, 5) is 42.7. The zero-order chi connectivity index (χ0) is 27.3. The second-order valence-corrected chi connectivity index (χ2v) is 12.5. The molecule has 3 N–H and O–H groups in total. The predicted molar refractivity (Wildman–Crippen MR) is 152 cm³/mol. The van der Waals surface area contributed by atoms with Crippen molar-refractivity contribution in [2.75, 3.05) is 5.88 Å². The van der Waals surface area contributed by atoms with Crippen LogP contribution in [0.15, 0.2) is 72.1 Å². The van der Waals surface area contributed by atoms with E-state index in [1.54, 1.807) is 23.5 Å². The fourth-order valence-electron chi connectivity index (χ4n) is 4.62. The molecule has 1 aliphatic heterocycles. The van der Waals surface area contributed by atoms with Crippen molar-refractivity contribution < 1.29 is 19.5 Å². The van der Waals surface area contributed by atoms with Crippen molar-refractivity contribution in [1.29, 1.82) is 0 Å². The summed E-state index contributed by atoms with van der Waals surface area (Å²) in [6, 6.07) is 18.8. The Morgan fingerprint density at radius 3 is 2.45 bits per heavy atom. The smallest absolute Gasteiger partial charge is 0.254 e. The van der Waals surface area contributed by atoms with Crippen LogP contribution in [0, 0.1) is 6.92 Å². The third-order valence-electron chi connectivity index (χ3n) is 6.73. The number of hydrogen-bond acceptors (Lipinski definition) is 6. The fourth-order valence-corrected chi connectivity index (χ4v) is 6.41. The number of amides is 3. The average molecular weight is 552 g/mol. The number of carbonyl (C=O) groups is 3. The van der Waals surface area contributed by atoms with Gasteiger partial charge in [0.15, 0.2) is 6.10 Å². The van der Waals surface area contributed by atoms with Gasteiger partial charge in [0.1, 0.15) is 6.04 Å². The van der Waals surface area contributed by atoms with Gasteiger partial charge < -0.3 is 20.6 Å². The van der Waals surface area contributed by atoms with Crippen molar-refractivity contribution in [3.05, 3.63) is 93.7 Å². The van der Waals surface area contributed by atoms with Crippen LogP contribution in [0.4, 0.5) is 0 Å². The highest BCUT2D eigenvalue weighted by atomic mass is 32.2. The number of thioether (sulfide) groups is 1. The maximum atomic E-state index is 13.7. The van der Waals surface area contributed by atoms with E-state index in [1.807, 2.05) is 80.7 Å². The van der Waals surface area contributed by atoms with Gasteiger partial charge in [0.2, 0.25) is 5.91 Å². The molecular weight excluding hydrogens is 518 g/mol. The van der Waals surface area contributed by atoms with Gasteiger partial charge in [-0.25, -0.2) is 0 Å². The molecule has 0 bridgehead atoms. The summed E-state index contributed by atoms with van der Waals surface area (Å²) in [6.07, 6.45) is -1.28. The van der Waals surface area contributed by atoms with E-state index in [2.05, 4.69) is 10.6 Å². The number of aryl methyl sites for hydroxylation is 1. The average Bonchev–Trinajstić information content (AvgIpc) is 3.54. The van der Waals surface area contributed by atoms with E-state index in [-0.39, 0.29) is 24.1 Å². The quantitative estimate of drug-likeness (QED) is 0.376. The molecule has 7 nitrogen and oxygen atoms in total. The first-order valence-electron chi connectivity index (χ1n) is 12.5. The molecule has 2 aromatic carbocycles. The Balaban J connectivity index is 1.55. The molecule has 1 aromatic heterocycles. The van der Waals surface area contributed by atoms with E-state index in [0.29, 0.717) is 12.1 Å².